The molecule has 0 fully saturated rings. The molecular formula is C39H30ClN3O7S. The maximum absolute atomic E-state index is 13.5. The Labute approximate surface area is 299 Å². The quantitative estimate of drug-likeness (QED) is 0.108. The van der Waals surface area contributed by atoms with Crippen LogP contribution in [0.5, 0.6) is 23.1 Å². The summed E-state index contributed by atoms with van der Waals surface area (Å²) in [5.41, 5.74) is 2.07. The molecule has 0 spiro atoms. The fraction of sp³-hybridized carbons (Fsp3) is 0.0513. The summed E-state index contributed by atoms with van der Waals surface area (Å²) in [6, 6.07) is 38.5. The van der Waals surface area contributed by atoms with E-state index >= 15 is 0 Å². The fourth-order valence-corrected chi connectivity index (χ4v) is 6.29. The van der Waals surface area contributed by atoms with Gasteiger partial charge >= 0.3 is 5.97 Å². The third kappa shape index (κ3) is 8.90. The van der Waals surface area contributed by atoms with Gasteiger partial charge in [-0.25, -0.2) is 18.2 Å². The first-order valence-electron chi connectivity index (χ1n) is 15.6. The van der Waals surface area contributed by atoms with Crippen LogP contribution in [0, 0.1) is 0 Å². The number of carbonyl (C=O) groups excluding carboxylic acids is 1. The van der Waals surface area contributed by atoms with Crippen molar-refractivity contribution in [3.63, 3.8) is 0 Å². The summed E-state index contributed by atoms with van der Waals surface area (Å²) >= 11 is 6.18. The van der Waals surface area contributed by atoms with Gasteiger partial charge < -0.3 is 19.9 Å². The zero-order valence-electron chi connectivity index (χ0n) is 26.8. The normalized spacial score (nSPS) is 11.6. The molecule has 0 saturated carbocycles. The molecule has 51 heavy (non-hydrogen) atoms. The molecule has 0 saturated heterocycles. The lowest BCUT2D eigenvalue weighted by Gasteiger charge is -2.18. The molecule has 0 bridgehead atoms. The summed E-state index contributed by atoms with van der Waals surface area (Å²) in [5, 5.41) is 12.7. The maximum atomic E-state index is 13.5. The average Bonchev–Trinajstić information content (AvgIpc) is 3.13. The third-order valence-corrected chi connectivity index (χ3v) is 9.21. The zero-order valence-corrected chi connectivity index (χ0v) is 28.3. The van der Waals surface area contributed by atoms with Gasteiger partial charge in [-0.05, 0) is 65.7 Å². The number of amides is 1. The first-order chi connectivity index (χ1) is 24.6. The molecule has 6 aromatic rings. The van der Waals surface area contributed by atoms with Gasteiger partial charge in [-0.15, -0.1) is 0 Å². The minimum Gasteiger partial charge on any atom is -0.480 e. The van der Waals surface area contributed by atoms with E-state index in [0.717, 1.165) is 17.3 Å². The number of aliphatic carboxylic acids is 1. The Morgan fingerprint density at radius 2 is 1.41 bits per heavy atom. The fourth-order valence-electron chi connectivity index (χ4n) is 5.09. The van der Waals surface area contributed by atoms with E-state index < -0.39 is 27.9 Å². The smallest absolute Gasteiger partial charge is 0.326 e. The van der Waals surface area contributed by atoms with Gasteiger partial charge in [0.25, 0.3) is 15.9 Å². The molecule has 1 heterocycles. The zero-order chi connectivity index (χ0) is 35.8. The Bertz CT molecular complexity index is 2250. The van der Waals surface area contributed by atoms with Crippen LogP contribution in [0.1, 0.15) is 15.9 Å². The molecule has 0 unspecified atom stereocenters. The standard InChI is InChI=1S/C39H30ClN3O7S/c40-28-19-21-34(43-51(47,48)31-20-22-37(41-25-31)50-30-11-5-2-6-12-30)33(24-28)38(44)42-35(39(45)46)23-26-15-17-27(18-16-26)32-13-7-8-14-36(32)49-29-9-3-1-4-10-29/h1-22,24-25,35,43H,23H2,(H,42,44)(H,45,46)/t35-/m0/s1. The topological polar surface area (TPSA) is 144 Å². The summed E-state index contributed by atoms with van der Waals surface area (Å²) in [6.07, 6.45) is 1.07. The summed E-state index contributed by atoms with van der Waals surface area (Å²) in [7, 11) is -4.23. The van der Waals surface area contributed by atoms with Crippen molar-refractivity contribution < 1.29 is 32.6 Å². The van der Waals surface area contributed by atoms with Crippen LogP contribution < -0.4 is 19.5 Å². The highest BCUT2D eigenvalue weighted by Gasteiger charge is 2.25. The highest BCUT2D eigenvalue weighted by atomic mass is 35.5. The Morgan fingerprint density at radius 1 is 0.765 bits per heavy atom. The van der Waals surface area contributed by atoms with Crippen LogP contribution in [-0.2, 0) is 21.2 Å². The summed E-state index contributed by atoms with van der Waals surface area (Å²) < 4.78 is 40.7. The number of carboxylic acid groups (broad SMARTS) is 1. The third-order valence-electron chi connectivity index (χ3n) is 7.62. The van der Waals surface area contributed by atoms with Crippen LogP contribution in [0.15, 0.2) is 151 Å². The molecule has 0 aliphatic heterocycles. The number of para-hydroxylation sites is 3. The largest absolute Gasteiger partial charge is 0.480 e. The molecule has 12 heteroatoms. The van der Waals surface area contributed by atoms with Crippen LogP contribution in [0.4, 0.5) is 5.69 Å². The van der Waals surface area contributed by atoms with Crippen molar-refractivity contribution in [3.8, 4) is 34.3 Å². The predicted molar refractivity (Wildman–Crippen MR) is 194 cm³/mol. The van der Waals surface area contributed by atoms with Crippen molar-refractivity contribution in [2.24, 2.45) is 0 Å². The maximum Gasteiger partial charge on any atom is 0.326 e. The second-order valence-electron chi connectivity index (χ2n) is 11.2. The summed E-state index contributed by atoms with van der Waals surface area (Å²) in [4.78, 5) is 29.7. The van der Waals surface area contributed by atoms with Crippen molar-refractivity contribution in [1.29, 1.82) is 0 Å². The van der Waals surface area contributed by atoms with E-state index in [2.05, 4.69) is 15.0 Å². The van der Waals surface area contributed by atoms with E-state index in [1.165, 1.54) is 30.3 Å². The number of hydrogen-bond donors (Lipinski definition) is 3. The van der Waals surface area contributed by atoms with Crippen LogP contribution in [0.25, 0.3) is 11.1 Å². The van der Waals surface area contributed by atoms with E-state index in [9.17, 15) is 23.1 Å². The number of halogens is 1. The van der Waals surface area contributed by atoms with E-state index in [0.29, 0.717) is 22.8 Å². The molecule has 6 rings (SSSR count). The highest BCUT2D eigenvalue weighted by molar-refractivity contribution is 7.92. The predicted octanol–water partition coefficient (Wildman–Crippen LogP) is 8.21. The molecule has 256 valence electrons. The second-order valence-corrected chi connectivity index (χ2v) is 13.3. The van der Waals surface area contributed by atoms with Gasteiger partial charge in [-0.1, -0.05) is 90.5 Å². The number of nitrogens with one attached hydrogen (secondary N) is 2. The number of benzene rings is 5. The van der Waals surface area contributed by atoms with Gasteiger partial charge in [0.2, 0.25) is 5.88 Å². The van der Waals surface area contributed by atoms with Gasteiger partial charge in [0.05, 0.1) is 17.4 Å². The first kappa shape index (κ1) is 34.7. The number of pyridine rings is 1. The molecule has 0 aliphatic carbocycles. The van der Waals surface area contributed by atoms with Crippen LogP contribution in [0.3, 0.4) is 0 Å². The summed E-state index contributed by atoms with van der Waals surface area (Å²) in [5.74, 6) is -0.0494. The van der Waals surface area contributed by atoms with Crippen molar-refractivity contribution in [2.75, 3.05) is 4.72 Å². The minimum absolute atomic E-state index is 0.0474. The Morgan fingerprint density at radius 3 is 2.06 bits per heavy atom. The van der Waals surface area contributed by atoms with E-state index in [-0.39, 0.29) is 33.5 Å². The molecule has 3 N–H and O–H groups in total. The number of carbonyl (C=O) groups is 2. The monoisotopic (exact) mass is 719 g/mol. The molecule has 0 aliphatic rings. The Balaban J connectivity index is 1.15. The van der Waals surface area contributed by atoms with Gasteiger partial charge in [-0.3, -0.25) is 9.52 Å². The Kier molecular flexibility index (Phi) is 10.6. The van der Waals surface area contributed by atoms with Crippen LogP contribution in [-0.4, -0.2) is 36.4 Å². The molecule has 1 aromatic heterocycles. The van der Waals surface area contributed by atoms with Gasteiger partial charge in [-0.2, -0.15) is 0 Å². The molecule has 0 radical (unpaired) electrons. The number of anilines is 1. The van der Waals surface area contributed by atoms with Crippen molar-refractivity contribution in [1.82, 2.24) is 10.3 Å². The van der Waals surface area contributed by atoms with Crippen LogP contribution >= 0.6 is 11.6 Å². The van der Waals surface area contributed by atoms with Crippen molar-refractivity contribution in [3.05, 3.63) is 162 Å². The molecule has 1 amide bonds. The second kappa shape index (κ2) is 15.6. The molecule has 1 atom stereocenters. The van der Waals surface area contributed by atoms with Gasteiger partial charge in [0.15, 0.2) is 0 Å². The lowest BCUT2D eigenvalue weighted by atomic mass is 9.99. The average molecular weight is 720 g/mol. The number of ether oxygens (including phenoxy) is 2. The number of nitrogens with zero attached hydrogens (tertiary/aromatic N) is 1. The molecule has 5 aromatic carbocycles. The van der Waals surface area contributed by atoms with E-state index in [4.69, 9.17) is 21.1 Å². The van der Waals surface area contributed by atoms with Crippen LogP contribution in [0.2, 0.25) is 5.02 Å². The number of rotatable bonds is 13. The minimum atomic E-state index is -4.23. The number of hydrogen-bond acceptors (Lipinski definition) is 7. The van der Waals surface area contributed by atoms with Crippen molar-refractivity contribution in [2.45, 2.75) is 17.4 Å². The molecule has 10 nitrogen and oxygen atoms in total. The first-order valence-corrected chi connectivity index (χ1v) is 17.5. The number of aromatic nitrogens is 1. The number of carboxylic acids is 1. The lowest BCUT2D eigenvalue weighted by Crippen LogP contribution is -2.42. The molecular weight excluding hydrogens is 690 g/mol. The van der Waals surface area contributed by atoms with E-state index in [1.54, 1.807) is 36.4 Å². The highest BCUT2D eigenvalue weighted by Crippen LogP contribution is 2.33. The van der Waals surface area contributed by atoms with Gasteiger partial charge in [0, 0.05) is 23.1 Å². The SMILES string of the molecule is O=C(N[C@@H](Cc1ccc(-c2ccccc2Oc2ccccc2)cc1)C(=O)O)c1cc(Cl)ccc1NS(=O)(=O)c1ccc(Oc2ccccc2)nc1. The Hall–Kier alpha value is -6.17. The van der Waals surface area contributed by atoms with Crippen molar-refractivity contribution >= 4 is 39.2 Å². The van der Waals surface area contributed by atoms with E-state index in [1.807, 2.05) is 72.8 Å². The number of sulfonamides is 1. The lowest BCUT2D eigenvalue weighted by molar-refractivity contribution is -0.139. The van der Waals surface area contributed by atoms with Gasteiger partial charge in [0.1, 0.15) is 28.2 Å². The summed E-state index contributed by atoms with van der Waals surface area (Å²) in [6.45, 7) is 0.